The number of aromatic nitrogens is 2. The van der Waals surface area contributed by atoms with Gasteiger partial charge in [-0.3, -0.25) is 15.1 Å². The highest BCUT2D eigenvalue weighted by Crippen LogP contribution is 2.28. The molecule has 0 fully saturated rings. The lowest BCUT2D eigenvalue weighted by Gasteiger charge is -2.10. The average molecular weight is 290 g/mol. The predicted octanol–water partition coefficient (Wildman–Crippen LogP) is 3.11. The zero-order valence-corrected chi connectivity index (χ0v) is 11.8. The molecule has 1 heterocycles. The van der Waals surface area contributed by atoms with Gasteiger partial charge in [0.25, 0.3) is 5.69 Å². The molecule has 0 bridgehead atoms. The normalized spacial score (nSPS) is 10.2. The van der Waals surface area contributed by atoms with Gasteiger partial charge in [-0.05, 0) is 18.6 Å². The van der Waals surface area contributed by atoms with Gasteiger partial charge in [-0.1, -0.05) is 0 Å². The van der Waals surface area contributed by atoms with Crippen molar-refractivity contribution in [1.82, 2.24) is 9.97 Å². The largest absolute Gasteiger partial charge is 0.385 e. The maximum absolute atomic E-state index is 10.9. The summed E-state index contributed by atoms with van der Waals surface area (Å²) in [6.45, 7) is 2.75. The summed E-state index contributed by atoms with van der Waals surface area (Å²) in [5.41, 5.74) is 1.90. The fraction of sp³-hybridized carbons (Fsp3) is 0.231. The molecular formula is C13H14N4O2S. The van der Waals surface area contributed by atoms with Crippen molar-refractivity contribution in [1.29, 1.82) is 0 Å². The highest BCUT2D eigenvalue weighted by Gasteiger charge is 2.11. The third-order valence-electron chi connectivity index (χ3n) is 2.58. The number of thioether (sulfide) groups is 1. The molecule has 0 unspecified atom stereocenters. The van der Waals surface area contributed by atoms with E-state index in [-0.39, 0.29) is 10.6 Å². The van der Waals surface area contributed by atoms with Crippen LogP contribution >= 0.6 is 11.8 Å². The van der Waals surface area contributed by atoms with Gasteiger partial charge in [0.1, 0.15) is 5.03 Å². The quantitative estimate of drug-likeness (QED) is 0.500. The van der Waals surface area contributed by atoms with Gasteiger partial charge in [-0.2, -0.15) is 0 Å². The molecule has 0 amide bonds. The summed E-state index contributed by atoms with van der Waals surface area (Å²) in [5, 5.41) is 14.9. The third kappa shape index (κ3) is 3.67. The SMILES string of the molecule is CCNc1ccc([N+](=O)[O-])cc1CSc1cnccn1. The monoisotopic (exact) mass is 290 g/mol. The van der Waals surface area contributed by atoms with Crippen LogP contribution in [0.5, 0.6) is 0 Å². The van der Waals surface area contributed by atoms with Crippen molar-refractivity contribution in [2.24, 2.45) is 0 Å². The van der Waals surface area contributed by atoms with Gasteiger partial charge in [0.2, 0.25) is 0 Å². The molecule has 6 nitrogen and oxygen atoms in total. The Bertz CT molecular complexity index is 592. The van der Waals surface area contributed by atoms with Crippen molar-refractivity contribution in [2.75, 3.05) is 11.9 Å². The highest BCUT2D eigenvalue weighted by molar-refractivity contribution is 7.98. The molecule has 2 rings (SSSR count). The lowest BCUT2D eigenvalue weighted by Crippen LogP contribution is -2.01. The van der Waals surface area contributed by atoms with Crippen LogP contribution in [0, 0.1) is 10.1 Å². The molecule has 0 spiro atoms. The summed E-state index contributed by atoms with van der Waals surface area (Å²) in [6, 6.07) is 4.85. The Labute approximate surface area is 120 Å². The molecular weight excluding hydrogens is 276 g/mol. The Morgan fingerprint density at radius 1 is 1.40 bits per heavy atom. The number of nitro groups is 1. The van der Waals surface area contributed by atoms with Gasteiger partial charge in [-0.25, -0.2) is 4.98 Å². The maximum atomic E-state index is 10.9. The molecule has 0 aliphatic rings. The first-order chi connectivity index (χ1) is 9.70. The van der Waals surface area contributed by atoms with Crippen LogP contribution in [0.2, 0.25) is 0 Å². The van der Waals surface area contributed by atoms with Crippen molar-refractivity contribution in [2.45, 2.75) is 17.7 Å². The molecule has 0 saturated carbocycles. The number of rotatable bonds is 6. The first-order valence-electron chi connectivity index (χ1n) is 6.10. The van der Waals surface area contributed by atoms with Crippen LogP contribution in [0.15, 0.2) is 41.8 Å². The summed E-state index contributed by atoms with van der Waals surface area (Å²) in [6.07, 6.45) is 4.91. The second kappa shape index (κ2) is 6.85. The topological polar surface area (TPSA) is 81.0 Å². The molecule has 0 radical (unpaired) electrons. The molecule has 0 atom stereocenters. The van der Waals surface area contributed by atoms with Gasteiger partial charge in [0.05, 0.1) is 11.1 Å². The predicted molar refractivity (Wildman–Crippen MR) is 78.9 cm³/mol. The van der Waals surface area contributed by atoms with E-state index in [4.69, 9.17) is 0 Å². The zero-order valence-electron chi connectivity index (χ0n) is 10.9. The van der Waals surface area contributed by atoms with Gasteiger partial charge in [0.15, 0.2) is 0 Å². The van der Waals surface area contributed by atoms with E-state index in [1.54, 1.807) is 30.7 Å². The van der Waals surface area contributed by atoms with Crippen LogP contribution in [0.4, 0.5) is 11.4 Å². The number of hydrogen-bond acceptors (Lipinski definition) is 6. The summed E-state index contributed by atoms with van der Waals surface area (Å²) in [4.78, 5) is 18.6. The summed E-state index contributed by atoms with van der Waals surface area (Å²) < 4.78 is 0. The van der Waals surface area contributed by atoms with Crippen LogP contribution < -0.4 is 5.32 Å². The first kappa shape index (κ1) is 14.3. The third-order valence-corrected chi connectivity index (χ3v) is 3.54. The molecule has 0 saturated heterocycles. The minimum Gasteiger partial charge on any atom is -0.385 e. The number of non-ortho nitro benzene ring substituents is 1. The molecule has 0 aliphatic heterocycles. The number of hydrogen-bond donors (Lipinski definition) is 1. The Morgan fingerprint density at radius 2 is 2.25 bits per heavy atom. The van der Waals surface area contributed by atoms with Crippen LogP contribution in [0.25, 0.3) is 0 Å². The van der Waals surface area contributed by atoms with Crippen molar-refractivity contribution in [3.63, 3.8) is 0 Å². The Kier molecular flexibility index (Phi) is 4.89. The van der Waals surface area contributed by atoms with Crippen LogP contribution in [-0.2, 0) is 5.75 Å². The van der Waals surface area contributed by atoms with Crippen LogP contribution in [0.1, 0.15) is 12.5 Å². The standard InChI is InChI=1S/C13H14N4O2S/c1-2-15-12-4-3-11(17(18)19)7-10(12)9-20-13-8-14-5-6-16-13/h3-8,15H,2,9H2,1H3. The van der Waals surface area contributed by atoms with Crippen LogP contribution in [0.3, 0.4) is 0 Å². The average Bonchev–Trinajstić information content (AvgIpc) is 2.47. The number of nitrogens with one attached hydrogen (secondary N) is 1. The first-order valence-corrected chi connectivity index (χ1v) is 7.09. The van der Waals surface area contributed by atoms with E-state index in [0.717, 1.165) is 22.8 Å². The summed E-state index contributed by atoms with van der Waals surface area (Å²) in [5.74, 6) is 0.600. The van der Waals surface area contributed by atoms with Gasteiger partial charge in [0, 0.05) is 42.5 Å². The summed E-state index contributed by atoms with van der Waals surface area (Å²) in [7, 11) is 0. The van der Waals surface area contributed by atoms with E-state index in [1.165, 1.54) is 17.8 Å². The smallest absolute Gasteiger partial charge is 0.269 e. The molecule has 0 aliphatic carbocycles. The molecule has 20 heavy (non-hydrogen) atoms. The lowest BCUT2D eigenvalue weighted by molar-refractivity contribution is -0.384. The molecule has 1 aromatic heterocycles. The Balaban J connectivity index is 2.19. The van der Waals surface area contributed by atoms with E-state index in [2.05, 4.69) is 15.3 Å². The van der Waals surface area contributed by atoms with Crippen molar-refractivity contribution in [3.05, 3.63) is 52.5 Å². The molecule has 2 aromatic rings. The van der Waals surface area contributed by atoms with E-state index in [9.17, 15) is 10.1 Å². The van der Waals surface area contributed by atoms with Crippen LogP contribution in [-0.4, -0.2) is 21.4 Å². The maximum Gasteiger partial charge on any atom is 0.269 e. The summed E-state index contributed by atoms with van der Waals surface area (Å²) >= 11 is 1.50. The molecule has 104 valence electrons. The van der Waals surface area contributed by atoms with E-state index >= 15 is 0 Å². The molecule has 1 N–H and O–H groups in total. The van der Waals surface area contributed by atoms with Gasteiger partial charge >= 0.3 is 0 Å². The zero-order chi connectivity index (χ0) is 14.4. The van der Waals surface area contributed by atoms with E-state index < -0.39 is 0 Å². The number of nitro benzene ring substituents is 1. The second-order valence-electron chi connectivity index (χ2n) is 3.96. The van der Waals surface area contributed by atoms with E-state index in [1.807, 2.05) is 6.92 Å². The van der Waals surface area contributed by atoms with Crippen molar-refractivity contribution < 1.29 is 4.92 Å². The highest BCUT2D eigenvalue weighted by atomic mass is 32.2. The van der Waals surface area contributed by atoms with Gasteiger partial charge < -0.3 is 5.32 Å². The number of anilines is 1. The number of benzene rings is 1. The number of nitrogens with zero attached hydrogens (tertiary/aromatic N) is 3. The van der Waals surface area contributed by atoms with Crippen molar-refractivity contribution >= 4 is 23.1 Å². The Hall–Kier alpha value is -2.15. The van der Waals surface area contributed by atoms with E-state index in [0.29, 0.717) is 5.75 Å². The van der Waals surface area contributed by atoms with Crippen molar-refractivity contribution in [3.8, 4) is 0 Å². The lowest BCUT2D eigenvalue weighted by atomic mass is 10.2. The van der Waals surface area contributed by atoms with Gasteiger partial charge in [-0.15, -0.1) is 11.8 Å². The minimum absolute atomic E-state index is 0.0985. The molecule has 7 heteroatoms. The molecule has 1 aromatic carbocycles. The fourth-order valence-electron chi connectivity index (χ4n) is 1.69. The second-order valence-corrected chi connectivity index (χ2v) is 4.96. The fourth-order valence-corrected chi connectivity index (χ4v) is 2.50. The minimum atomic E-state index is -0.383. The Morgan fingerprint density at radius 3 is 2.90 bits per heavy atom.